The fourth-order valence-corrected chi connectivity index (χ4v) is 1.75. The lowest BCUT2D eigenvalue weighted by atomic mass is 10.3. The van der Waals surface area contributed by atoms with Crippen molar-refractivity contribution < 1.29 is 17.9 Å². The molecule has 0 aromatic heterocycles. The van der Waals surface area contributed by atoms with Crippen LogP contribution in [0.1, 0.15) is 20.8 Å². The Morgan fingerprint density at radius 3 is 2.24 bits per heavy atom. The fourth-order valence-electron chi connectivity index (χ4n) is 0.819. The van der Waals surface area contributed by atoms with Crippen molar-refractivity contribution in [3.05, 3.63) is 0 Å². The molecule has 1 atom stereocenters. The number of amidine groups is 1. The highest BCUT2D eigenvalue weighted by molar-refractivity contribution is 7.87. The first kappa shape index (κ1) is 15.7. The van der Waals surface area contributed by atoms with E-state index in [1.807, 2.05) is 0 Å². The van der Waals surface area contributed by atoms with Crippen molar-refractivity contribution in [2.75, 3.05) is 7.05 Å². The van der Waals surface area contributed by atoms with E-state index >= 15 is 0 Å². The largest absolute Gasteiger partial charge is 0.446 e. The SMILES string of the molecule is CC(C)OC(=O)NS(=O)(=O)N(C)C(C)C(=N)N. The standard InChI is InChI=1S/C8H18N4O4S/c1-5(2)16-8(13)11-17(14,15)12(4)6(3)7(9)10/h5-6H,1-4H3,(H3,9,10)(H,11,13). The van der Waals surface area contributed by atoms with Gasteiger partial charge in [0, 0.05) is 7.05 Å². The number of carbonyl (C=O) groups excluding carboxylic acids is 1. The minimum absolute atomic E-state index is 0.324. The van der Waals surface area contributed by atoms with Crippen LogP contribution in [0.5, 0.6) is 0 Å². The van der Waals surface area contributed by atoms with Gasteiger partial charge >= 0.3 is 16.3 Å². The van der Waals surface area contributed by atoms with Crippen LogP contribution >= 0.6 is 0 Å². The molecule has 0 aliphatic heterocycles. The fraction of sp³-hybridized carbons (Fsp3) is 0.750. The summed E-state index contributed by atoms with van der Waals surface area (Å²) in [5, 5.41) is 7.13. The molecule has 0 aliphatic carbocycles. The molecule has 0 heterocycles. The maximum Gasteiger partial charge on any atom is 0.422 e. The summed E-state index contributed by atoms with van der Waals surface area (Å²) >= 11 is 0. The van der Waals surface area contributed by atoms with Gasteiger partial charge in [0.05, 0.1) is 12.1 Å². The highest BCUT2D eigenvalue weighted by Gasteiger charge is 2.27. The normalized spacial score (nSPS) is 13.5. The van der Waals surface area contributed by atoms with Crippen LogP contribution in [-0.2, 0) is 14.9 Å². The van der Waals surface area contributed by atoms with Gasteiger partial charge in [-0.25, -0.2) is 9.52 Å². The van der Waals surface area contributed by atoms with Gasteiger partial charge in [-0.1, -0.05) is 0 Å². The minimum Gasteiger partial charge on any atom is -0.446 e. The molecule has 0 bridgehead atoms. The van der Waals surface area contributed by atoms with Gasteiger partial charge in [-0.2, -0.15) is 12.7 Å². The lowest BCUT2D eigenvalue weighted by molar-refractivity contribution is 0.121. The summed E-state index contributed by atoms with van der Waals surface area (Å²) in [7, 11) is -2.86. The Morgan fingerprint density at radius 2 is 1.88 bits per heavy atom. The molecule has 0 rings (SSSR count). The predicted molar refractivity (Wildman–Crippen MR) is 62.8 cm³/mol. The number of ether oxygens (including phenoxy) is 1. The molecule has 0 aromatic rings. The van der Waals surface area contributed by atoms with Gasteiger partial charge in [0.1, 0.15) is 5.84 Å². The number of amides is 1. The molecule has 0 aromatic carbocycles. The molecule has 0 saturated carbocycles. The van der Waals surface area contributed by atoms with E-state index in [1.54, 1.807) is 18.6 Å². The average molecular weight is 266 g/mol. The molecule has 0 radical (unpaired) electrons. The quantitative estimate of drug-likeness (QED) is 0.462. The van der Waals surface area contributed by atoms with Crippen molar-refractivity contribution in [1.82, 2.24) is 9.03 Å². The second kappa shape index (κ2) is 5.82. The number of hydrogen-bond donors (Lipinski definition) is 3. The molecular formula is C8H18N4O4S. The molecule has 0 aliphatic rings. The molecular weight excluding hydrogens is 248 g/mol. The summed E-state index contributed by atoms with van der Waals surface area (Å²) in [6, 6.07) is -0.848. The van der Waals surface area contributed by atoms with Crippen molar-refractivity contribution >= 4 is 22.1 Å². The molecule has 1 unspecified atom stereocenters. The summed E-state index contributed by atoms with van der Waals surface area (Å²) < 4.78 is 30.4. The molecule has 100 valence electrons. The minimum atomic E-state index is -4.06. The van der Waals surface area contributed by atoms with Gasteiger partial charge in [-0.05, 0) is 20.8 Å². The van der Waals surface area contributed by atoms with E-state index in [2.05, 4.69) is 4.74 Å². The smallest absolute Gasteiger partial charge is 0.422 e. The molecule has 8 nitrogen and oxygen atoms in total. The van der Waals surface area contributed by atoms with Gasteiger partial charge < -0.3 is 10.5 Å². The Bertz CT molecular complexity index is 392. The lowest BCUT2D eigenvalue weighted by Gasteiger charge is -2.23. The van der Waals surface area contributed by atoms with Crippen LogP contribution in [0, 0.1) is 5.41 Å². The third-order valence-electron chi connectivity index (χ3n) is 1.93. The second-order valence-electron chi connectivity index (χ2n) is 3.71. The number of likely N-dealkylation sites (N-methyl/N-ethyl adjacent to an activating group) is 1. The van der Waals surface area contributed by atoms with Crippen LogP contribution in [0.3, 0.4) is 0 Å². The van der Waals surface area contributed by atoms with E-state index in [0.29, 0.717) is 0 Å². The zero-order chi connectivity index (χ0) is 13.8. The van der Waals surface area contributed by atoms with Crippen molar-refractivity contribution in [3.8, 4) is 0 Å². The first-order valence-corrected chi connectivity index (χ1v) is 6.32. The van der Waals surface area contributed by atoms with Crippen LogP contribution in [0.15, 0.2) is 0 Å². The Kier molecular flexibility index (Phi) is 5.36. The van der Waals surface area contributed by atoms with E-state index in [-0.39, 0.29) is 5.84 Å². The van der Waals surface area contributed by atoms with Gasteiger partial charge in [0.15, 0.2) is 0 Å². The molecule has 17 heavy (non-hydrogen) atoms. The number of nitrogens with two attached hydrogens (primary N) is 1. The maximum absolute atomic E-state index is 11.6. The first-order chi connectivity index (χ1) is 7.58. The Balaban J connectivity index is 4.69. The number of rotatable bonds is 5. The van der Waals surface area contributed by atoms with E-state index in [4.69, 9.17) is 11.1 Å². The van der Waals surface area contributed by atoms with Crippen LogP contribution < -0.4 is 10.5 Å². The lowest BCUT2D eigenvalue weighted by Crippen LogP contribution is -2.49. The molecule has 1 amide bonds. The van der Waals surface area contributed by atoms with Gasteiger partial charge in [-0.3, -0.25) is 5.41 Å². The second-order valence-corrected chi connectivity index (χ2v) is 5.44. The average Bonchev–Trinajstić information content (AvgIpc) is 2.12. The number of nitrogens with one attached hydrogen (secondary N) is 2. The molecule has 0 spiro atoms. The van der Waals surface area contributed by atoms with E-state index in [1.165, 1.54) is 14.0 Å². The van der Waals surface area contributed by atoms with Crippen LogP contribution in [0.25, 0.3) is 0 Å². The van der Waals surface area contributed by atoms with Crippen LogP contribution in [0.2, 0.25) is 0 Å². The predicted octanol–water partition coefficient (Wildman–Crippen LogP) is -0.378. The number of hydrogen-bond acceptors (Lipinski definition) is 5. The molecule has 9 heteroatoms. The summed E-state index contributed by atoms with van der Waals surface area (Å²) in [6.07, 6.45) is -1.50. The maximum atomic E-state index is 11.6. The molecule has 0 saturated heterocycles. The topological polar surface area (TPSA) is 126 Å². The number of carbonyl (C=O) groups is 1. The Labute approximate surface area is 101 Å². The third-order valence-corrected chi connectivity index (χ3v) is 3.43. The first-order valence-electron chi connectivity index (χ1n) is 4.88. The summed E-state index contributed by atoms with van der Waals surface area (Å²) in [5.74, 6) is -0.324. The summed E-state index contributed by atoms with van der Waals surface area (Å²) in [4.78, 5) is 11.1. The van der Waals surface area contributed by atoms with Gasteiger partial charge in [0.2, 0.25) is 0 Å². The highest BCUT2D eigenvalue weighted by atomic mass is 32.2. The third kappa shape index (κ3) is 5.00. The zero-order valence-corrected chi connectivity index (χ0v) is 11.0. The van der Waals surface area contributed by atoms with E-state index < -0.39 is 28.4 Å². The van der Waals surface area contributed by atoms with E-state index in [9.17, 15) is 13.2 Å². The van der Waals surface area contributed by atoms with Crippen molar-refractivity contribution in [2.24, 2.45) is 5.73 Å². The van der Waals surface area contributed by atoms with Crippen molar-refractivity contribution in [2.45, 2.75) is 32.9 Å². The molecule has 4 N–H and O–H groups in total. The van der Waals surface area contributed by atoms with Gasteiger partial charge in [0.25, 0.3) is 0 Å². The monoisotopic (exact) mass is 266 g/mol. The van der Waals surface area contributed by atoms with E-state index in [0.717, 1.165) is 4.31 Å². The number of nitrogens with zero attached hydrogens (tertiary/aromatic N) is 1. The highest BCUT2D eigenvalue weighted by Crippen LogP contribution is 2.02. The van der Waals surface area contributed by atoms with Crippen LogP contribution in [0.4, 0.5) is 4.79 Å². The van der Waals surface area contributed by atoms with Crippen molar-refractivity contribution in [3.63, 3.8) is 0 Å². The zero-order valence-electron chi connectivity index (χ0n) is 10.2. The molecule has 0 fully saturated rings. The summed E-state index contributed by atoms with van der Waals surface area (Å²) in [6.45, 7) is 4.61. The Hall–Kier alpha value is -1.35. The van der Waals surface area contributed by atoms with Crippen molar-refractivity contribution in [1.29, 1.82) is 5.41 Å². The van der Waals surface area contributed by atoms with Crippen LogP contribution in [-0.4, -0.2) is 43.8 Å². The summed E-state index contributed by atoms with van der Waals surface area (Å²) in [5.41, 5.74) is 5.18. The Morgan fingerprint density at radius 1 is 1.41 bits per heavy atom. The van der Waals surface area contributed by atoms with Gasteiger partial charge in [-0.15, -0.1) is 0 Å².